The Labute approximate surface area is 356 Å². The number of ether oxygens (including phenoxy) is 4. The number of methoxy groups -OCH3 is 3. The van der Waals surface area contributed by atoms with E-state index in [0.29, 0.717) is 44.5 Å². The number of hydrogen-bond acceptors (Lipinski definition) is 10. The van der Waals surface area contributed by atoms with E-state index in [9.17, 15) is 14.4 Å². The van der Waals surface area contributed by atoms with E-state index in [0.717, 1.165) is 74.3 Å². The summed E-state index contributed by atoms with van der Waals surface area (Å²) in [6.07, 6.45) is 2.52. The molecule has 2 saturated heterocycles. The zero-order chi connectivity index (χ0) is 43.1. The van der Waals surface area contributed by atoms with Crippen molar-refractivity contribution in [3.8, 4) is 28.1 Å². The van der Waals surface area contributed by atoms with Crippen LogP contribution >= 0.6 is 0 Å². The fourth-order valence-electron chi connectivity index (χ4n) is 9.46. The molecule has 0 bridgehead atoms. The van der Waals surface area contributed by atoms with Crippen LogP contribution in [0.2, 0.25) is 0 Å². The number of rotatable bonds is 12. The van der Waals surface area contributed by atoms with Crippen molar-refractivity contribution < 1.29 is 33.3 Å². The van der Waals surface area contributed by atoms with E-state index in [1.807, 2.05) is 31.0 Å². The first kappa shape index (κ1) is 42.0. The first-order chi connectivity index (χ1) is 29.3. The second-order valence-electron chi connectivity index (χ2n) is 17.7. The topological polar surface area (TPSA) is 176 Å². The monoisotopic (exact) mass is 834 g/mol. The standard InChI is InChI=1S/C46H58N8O7/c1-24(2)36(50-45(56)59-7)21-53-19-26(5)13-37(53)42-47-18-35(49-42)29-9-11-31-30(15-29)23-61-39-17-32-28(16-33(31)39)10-12-34-41(32)51-43(48-34)38-14-27(22-58-6)20-54(38)44(55)40(25(3)4)52-46(57)60-8/h9-12,15-18,24-27,36-38,40H,13-14,19-23H2,1-8H3,(H,47,49)(H,48,51)(H,50,56)(H,52,57)/t26-,27-,36+,37-,38?,40-/m0/s1. The first-order valence-corrected chi connectivity index (χ1v) is 21.4. The zero-order valence-corrected chi connectivity index (χ0v) is 36.3. The molecule has 3 aromatic carbocycles. The van der Waals surface area contributed by atoms with Crippen LogP contribution in [0.1, 0.15) is 76.8 Å². The van der Waals surface area contributed by atoms with Crippen molar-refractivity contribution in [2.75, 3.05) is 47.6 Å². The summed E-state index contributed by atoms with van der Waals surface area (Å²) >= 11 is 0. The Morgan fingerprint density at radius 3 is 2.41 bits per heavy atom. The summed E-state index contributed by atoms with van der Waals surface area (Å²) in [6, 6.07) is 13.8. The van der Waals surface area contributed by atoms with Crippen LogP contribution in [0, 0.1) is 23.7 Å². The number of carbonyl (C=O) groups is 3. The molecule has 15 heteroatoms. The summed E-state index contributed by atoms with van der Waals surface area (Å²) in [5.41, 5.74) is 6.89. The molecule has 2 aromatic heterocycles. The maximum atomic E-state index is 14.1. The van der Waals surface area contributed by atoms with E-state index in [1.54, 1.807) is 7.11 Å². The van der Waals surface area contributed by atoms with Crippen LogP contribution in [0.25, 0.3) is 44.2 Å². The highest BCUT2D eigenvalue weighted by Crippen LogP contribution is 2.44. The van der Waals surface area contributed by atoms with Gasteiger partial charge in [0, 0.05) is 49.7 Å². The van der Waals surface area contributed by atoms with Gasteiger partial charge in [-0.25, -0.2) is 19.6 Å². The molecule has 0 spiro atoms. The average Bonchev–Trinajstić information content (AvgIpc) is 4.07. The SMILES string of the molecule is COC[C@H]1CC(c2nc3ccc4cc5c(cc4c3[nH]2)OCc2cc(-c3cnc([C@@H]4C[C@H](C)CN4C[C@@H](NC(=O)OC)C(C)C)[nH]3)ccc2-5)N(C(=O)[C@@H](NC(=O)OC)C(C)C)C1. The number of aromatic amines is 2. The van der Waals surface area contributed by atoms with E-state index in [-0.39, 0.29) is 41.8 Å². The Kier molecular flexibility index (Phi) is 12.0. The van der Waals surface area contributed by atoms with Gasteiger partial charge in [0.1, 0.15) is 30.0 Å². The van der Waals surface area contributed by atoms with Gasteiger partial charge in [-0.3, -0.25) is 9.69 Å². The molecule has 3 amide bonds. The fourth-order valence-corrected chi connectivity index (χ4v) is 9.46. The Morgan fingerprint density at radius 2 is 1.67 bits per heavy atom. The Hall–Kier alpha value is -5.67. The quantitative estimate of drug-likeness (QED) is 0.0995. The van der Waals surface area contributed by atoms with Crippen LogP contribution in [-0.4, -0.2) is 107 Å². The van der Waals surface area contributed by atoms with E-state index in [2.05, 4.69) is 82.7 Å². The minimum atomic E-state index is -0.750. The van der Waals surface area contributed by atoms with Crippen molar-refractivity contribution in [2.24, 2.45) is 23.7 Å². The van der Waals surface area contributed by atoms with Crippen LogP contribution in [0.5, 0.6) is 5.75 Å². The van der Waals surface area contributed by atoms with Crippen LogP contribution < -0.4 is 15.4 Å². The molecule has 8 rings (SSSR count). The largest absolute Gasteiger partial charge is 0.488 e. The molecule has 0 aliphatic carbocycles. The summed E-state index contributed by atoms with van der Waals surface area (Å²) in [5, 5.41) is 7.78. The molecule has 5 aromatic rings. The van der Waals surface area contributed by atoms with Gasteiger partial charge in [0.15, 0.2) is 0 Å². The lowest BCUT2D eigenvalue weighted by molar-refractivity contribution is -0.135. The number of likely N-dealkylation sites (tertiary alicyclic amines) is 2. The van der Waals surface area contributed by atoms with Crippen LogP contribution in [-0.2, 0) is 25.6 Å². The molecule has 3 aliphatic rings. The number of alkyl carbamates (subject to hydrolysis) is 2. The summed E-state index contributed by atoms with van der Waals surface area (Å²) < 4.78 is 21.7. The Morgan fingerprint density at radius 1 is 0.885 bits per heavy atom. The first-order valence-electron chi connectivity index (χ1n) is 21.4. The maximum absolute atomic E-state index is 14.1. The second kappa shape index (κ2) is 17.4. The van der Waals surface area contributed by atoms with Gasteiger partial charge >= 0.3 is 12.2 Å². The predicted octanol–water partition coefficient (Wildman–Crippen LogP) is 7.35. The van der Waals surface area contributed by atoms with Crippen molar-refractivity contribution in [1.29, 1.82) is 0 Å². The molecular formula is C46H58N8O7. The summed E-state index contributed by atoms with van der Waals surface area (Å²) in [7, 11) is 4.36. The smallest absolute Gasteiger partial charge is 0.407 e. The molecule has 1 unspecified atom stereocenters. The number of benzene rings is 3. The molecule has 324 valence electrons. The van der Waals surface area contributed by atoms with Gasteiger partial charge in [0.05, 0.1) is 55.8 Å². The molecular weight excluding hydrogens is 777 g/mol. The number of nitrogens with one attached hydrogen (secondary N) is 4. The Balaban J connectivity index is 1.04. The highest BCUT2D eigenvalue weighted by atomic mass is 16.5. The zero-order valence-electron chi connectivity index (χ0n) is 36.3. The molecule has 0 radical (unpaired) electrons. The molecule has 2 fully saturated rings. The predicted molar refractivity (Wildman–Crippen MR) is 232 cm³/mol. The third kappa shape index (κ3) is 8.37. The van der Waals surface area contributed by atoms with Gasteiger partial charge in [0.25, 0.3) is 0 Å². The van der Waals surface area contributed by atoms with E-state index < -0.39 is 18.2 Å². The third-order valence-electron chi connectivity index (χ3n) is 12.7. The summed E-state index contributed by atoms with van der Waals surface area (Å²) in [5.74, 6) is 2.93. The lowest BCUT2D eigenvalue weighted by atomic mass is 9.92. The van der Waals surface area contributed by atoms with Gasteiger partial charge in [-0.15, -0.1) is 0 Å². The lowest BCUT2D eigenvalue weighted by Crippen LogP contribution is -2.51. The average molecular weight is 835 g/mol. The number of fused-ring (bicyclic) bond motifs is 6. The normalized spacial score (nSPS) is 21.0. The minimum Gasteiger partial charge on any atom is -0.488 e. The number of amides is 3. The minimum absolute atomic E-state index is 0.0466. The lowest BCUT2D eigenvalue weighted by Gasteiger charge is -2.30. The highest BCUT2D eigenvalue weighted by molar-refractivity contribution is 6.07. The molecule has 6 atom stereocenters. The maximum Gasteiger partial charge on any atom is 0.407 e. The van der Waals surface area contributed by atoms with Crippen molar-refractivity contribution in [2.45, 2.75) is 78.2 Å². The molecule has 61 heavy (non-hydrogen) atoms. The fraction of sp³-hybridized carbons (Fsp3) is 0.500. The van der Waals surface area contributed by atoms with Crippen molar-refractivity contribution in [1.82, 2.24) is 40.4 Å². The number of imidazole rings is 2. The van der Waals surface area contributed by atoms with Crippen LogP contribution in [0.15, 0.2) is 48.7 Å². The second-order valence-corrected chi connectivity index (χ2v) is 17.7. The van der Waals surface area contributed by atoms with Crippen molar-refractivity contribution in [3.05, 3.63) is 65.9 Å². The van der Waals surface area contributed by atoms with Gasteiger partial charge in [-0.1, -0.05) is 52.8 Å². The van der Waals surface area contributed by atoms with E-state index in [4.69, 9.17) is 28.9 Å². The molecule has 5 heterocycles. The third-order valence-corrected chi connectivity index (χ3v) is 12.7. The molecule has 0 saturated carbocycles. The highest BCUT2D eigenvalue weighted by Gasteiger charge is 2.42. The number of H-pyrrole nitrogens is 2. The summed E-state index contributed by atoms with van der Waals surface area (Å²) in [4.78, 5) is 59.8. The molecule has 3 aliphatic heterocycles. The van der Waals surface area contributed by atoms with Gasteiger partial charge in [-0.2, -0.15) is 0 Å². The summed E-state index contributed by atoms with van der Waals surface area (Å²) in [6.45, 7) is 13.3. The Bertz CT molecular complexity index is 2430. The van der Waals surface area contributed by atoms with Gasteiger partial charge in [0.2, 0.25) is 5.91 Å². The van der Waals surface area contributed by atoms with E-state index >= 15 is 0 Å². The number of aromatic nitrogens is 4. The van der Waals surface area contributed by atoms with Crippen molar-refractivity contribution >= 4 is 39.9 Å². The number of carbonyl (C=O) groups excluding carboxylic acids is 3. The van der Waals surface area contributed by atoms with Crippen LogP contribution in [0.3, 0.4) is 0 Å². The number of hydrogen-bond donors (Lipinski definition) is 4. The van der Waals surface area contributed by atoms with Crippen molar-refractivity contribution in [3.63, 3.8) is 0 Å². The van der Waals surface area contributed by atoms with Gasteiger partial charge in [-0.05, 0) is 76.9 Å². The van der Waals surface area contributed by atoms with Crippen LogP contribution in [0.4, 0.5) is 9.59 Å². The van der Waals surface area contributed by atoms with E-state index in [1.165, 1.54) is 14.2 Å². The molecule has 4 N–H and O–H groups in total. The number of nitrogens with zero attached hydrogens (tertiary/aromatic N) is 4. The van der Waals surface area contributed by atoms with Gasteiger partial charge < -0.3 is 44.4 Å². The molecule has 15 nitrogen and oxygen atoms in total.